The molecule has 0 amide bonds. The molecule has 0 nitrogen and oxygen atoms in total. The molecule has 0 aliphatic carbocycles. The average Bonchev–Trinajstić information content (AvgIpc) is 2.28. The summed E-state index contributed by atoms with van der Waals surface area (Å²) in [6.45, 7) is 11.3. The number of halogens is 1. The Bertz CT molecular complexity index is 353. The first-order valence-corrected chi connectivity index (χ1v) is 7.66. The fourth-order valence-corrected chi connectivity index (χ4v) is 3.02. The van der Waals surface area contributed by atoms with Crippen molar-refractivity contribution in [1.82, 2.24) is 0 Å². The maximum atomic E-state index is 3.83. The summed E-state index contributed by atoms with van der Waals surface area (Å²) >= 11 is 3.83. The molecule has 0 spiro atoms. The first kappa shape index (κ1) is 14.8. The number of rotatable bonds is 5. The lowest BCUT2D eigenvalue weighted by atomic mass is 9.89. The third-order valence-corrected chi connectivity index (χ3v) is 4.23. The highest BCUT2D eigenvalue weighted by atomic mass is 79.9. The summed E-state index contributed by atoms with van der Waals surface area (Å²) < 4.78 is 0. The van der Waals surface area contributed by atoms with Gasteiger partial charge in [-0.2, -0.15) is 0 Å². The van der Waals surface area contributed by atoms with Gasteiger partial charge >= 0.3 is 0 Å². The van der Waals surface area contributed by atoms with Crippen molar-refractivity contribution in [1.29, 1.82) is 0 Å². The van der Waals surface area contributed by atoms with E-state index in [0.717, 1.165) is 0 Å². The Morgan fingerprint density at radius 2 is 1.65 bits per heavy atom. The SMILES string of the molecule is CCCC(Br)c1ccc(C(C)C)cc1C(C)C. The molecule has 1 atom stereocenters. The molecule has 0 fully saturated rings. The molecular weight excluding hydrogens is 272 g/mol. The predicted molar refractivity (Wildman–Crippen MR) is 81.2 cm³/mol. The van der Waals surface area contributed by atoms with E-state index in [4.69, 9.17) is 0 Å². The van der Waals surface area contributed by atoms with Crippen LogP contribution >= 0.6 is 15.9 Å². The van der Waals surface area contributed by atoms with Gasteiger partial charge in [0.2, 0.25) is 0 Å². The molecule has 17 heavy (non-hydrogen) atoms. The van der Waals surface area contributed by atoms with E-state index in [1.807, 2.05) is 0 Å². The third kappa shape index (κ3) is 3.84. The van der Waals surface area contributed by atoms with E-state index < -0.39 is 0 Å². The molecule has 0 saturated heterocycles. The predicted octanol–water partition coefficient (Wildman–Crippen LogP) is 6.17. The fourth-order valence-electron chi connectivity index (χ4n) is 2.15. The van der Waals surface area contributed by atoms with Crippen molar-refractivity contribution in [2.24, 2.45) is 0 Å². The molecule has 0 bridgehead atoms. The van der Waals surface area contributed by atoms with Gasteiger partial charge in [-0.3, -0.25) is 0 Å². The van der Waals surface area contributed by atoms with Gasteiger partial charge in [-0.05, 0) is 34.9 Å². The molecule has 0 aliphatic heterocycles. The molecule has 0 heterocycles. The van der Waals surface area contributed by atoms with E-state index >= 15 is 0 Å². The van der Waals surface area contributed by atoms with Gasteiger partial charge in [-0.15, -0.1) is 0 Å². The van der Waals surface area contributed by atoms with E-state index in [0.29, 0.717) is 16.7 Å². The molecule has 0 radical (unpaired) electrons. The molecule has 1 aromatic carbocycles. The van der Waals surface area contributed by atoms with E-state index in [9.17, 15) is 0 Å². The fraction of sp³-hybridized carbons (Fsp3) is 0.625. The second-order valence-corrected chi connectivity index (χ2v) is 6.56. The lowest BCUT2D eigenvalue weighted by Gasteiger charge is -2.19. The Kier molecular flexibility index (Phi) is 5.72. The second kappa shape index (κ2) is 6.58. The molecule has 0 N–H and O–H groups in total. The first-order valence-electron chi connectivity index (χ1n) is 6.75. The molecule has 96 valence electrons. The summed E-state index contributed by atoms with van der Waals surface area (Å²) in [5.41, 5.74) is 4.44. The maximum Gasteiger partial charge on any atom is 0.0398 e. The summed E-state index contributed by atoms with van der Waals surface area (Å²) in [6.07, 6.45) is 2.43. The molecule has 1 rings (SSSR count). The van der Waals surface area contributed by atoms with Gasteiger partial charge in [0.25, 0.3) is 0 Å². The van der Waals surface area contributed by atoms with Crippen LogP contribution in [0.4, 0.5) is 0 Å². The number of benzene rings is 1. The summed E-state index contributed by atoms with van der Waals surface area (Å²) in [4.78, 5) is 0.506. The molecule has 1 unspecified atom stereocenters. The van der Waals surface area contributed by atoms with Crippen LogP contribution in [-0.2, 0) is 0 Å². The standard InChI is InChI=1S/C16H25Br/c1-6-7-16(17)14-9-8-13(11(2)3)10-15(14)12(4)5/h8-12,16H,6-7H2,1-5H3. The van der Waals surface area contributed by atoms with Crippen LogP contribution in [-0.4, -0.2) is 0 Å². The van der Waals surface area contributed by atoms with Crippen molar-refractivity contribution >= 4 is 15.9 Å². The molecule has 0 aromatic heterocycles. The van der Waals surface area contributed by atoms with Crippen molar-refractivity contribution in [3.8, 4) is 0 Å². The van der Waals surface area contributed by atoms with Crippen LogP contribution in [0.3, 0.4) is 0 Å². The highest BCUT2D eigenvalue weighted by molar-refractivity contribution is 9.09. The van der Waals surface area contributed by atoms with Crippen LogP contribution in [0.1, 0.15) is 80.8 Å². The summed E-state index contributed by atoms with van der Waals surface area (Å²) in [5, 5.41) is 0. The largest absolute Gasteiger partial charge is 0.0839 e. The van der Waals surface area contributed by atoms with Crippen molar-refractivity contribution < 1.29 is 0 Å². The average molecular weight is 297 g/mol. The van der Waals surface area contributed by atoms with Gasteiger partial charge < -0.3 is 0 Å². The minimum atomic E-state index is 0.506. The molecule has 0 saturated carbocycles. The third-order valence-electron chi connectivity index (χ3n) is 3.28. The first-order chi connectivity index (χ1) is 7.97. The Hall–Kier alpha value is -0.300. The van der Waals surface area contributed by atoms with Crippen molar-refractivity contribution in [2.45, 2.75) is 64.1 Å². The van der Waals surface area contributed by atoms with Crippen molar-refractivity contribution in [2.75, 3.05) is 0 Å². The minimum absolute atomic E-state index is 0.506. The lowest BCUT2D eigenvalue weighted by molar-refractivity contribution is 0.756. The number of alkyl halides is 1. The second-order valence-electron chi connectivity index (χ2n) is 5.45. The van der Waals surface area contributed by atoms with Crippen molar-refractivity contribution in [3.63, 3.8) is 0 Å². The van der Waals surface area contributed by atoms with Crippen LogP contribution in [0, 0.1) is 0 Å². The molecule has 1 heteroatoms. The van der Waals surface area contributed by atoms with Gasteiger partial charge in [0.1, 0.15) is 0 Å². The van der Waals surface area contributed by atoms with E-state index in [1.165, 1.54) is 29.5 Å². The quantitative estimate of drug-likeness (QED) is 0.570. The molecule has 0 aliphatic rings. The smallest absolute Gasteiger partial charge is 0.0398 e. The van der Waals surface area contributed by atoms with E-state index in [-0.39, 0.29) is 0 Å². The molecule has 1 aromatic rings. The highest BCUT2D eigenvalue weighted by Gasteiger charge is 2.15. The monoisotopic (exact) mass is 296 g/mol. The summed E-state index contributed by atoms with van der Waals surface area (Å²) in [7, 11) is 0. The summed E-state index contributed by atoms with van der Waals surface area (Å²) in [5.74, 6) is 1.21. The topological polar surface area (TPSA) is 0 Å². The van der Waals surface area contributed by atoms with Crippen LogP contribution in [0.2, 0.25) is 0 Å². The van der Waals surface area contributed by atoms with Crippen LogP contribution in [0.15, 0.2) is 18.2 Å². The van der Waals surface area contributed by atoms with Crippen LogP contribution in [0.25, 0.3) is 0 Å². The summed E-state index contributed by atoms with van der Waals surface area (Å²) in [6, 6.07) is 7.00. The lowest BCUT2D eigenvalue weighted by Crippen LogP contribution is -2.01. The van der Waals surface area contributed by atoms with Gasteiger partial charge in [-0.1, -0.05) is 75.2 Å². The maximum absolute atomic E-state index is 3.83. The molecular formula is C16H25Br. The Labute approximate surface area is 115 Å². The number of hydrogen-bond acceptors (Lipinski definition) is 0. The minimum Gasteiger partial charge on any atom is -0.0839 e. The Morgan fingerprint density at radius 3 is 2.12 bits per heavy atom. The highest BCUT2D eigenvalue weighted by Crippen LogP contribution is 2.35. The van der Waals surface area contributed by atoms with Crippen LogP contribution in [0.5, 0.6) is 0 Å². The van der Waals surface area contributed by atoms with Gasteiger partial charge in [0.15, 0.2) is 0 Å². The number of hydrogen-bond donors (Lipinski definition) is 0. The van der Waals surface area contributed by atoms with Gasteiger partial charge in [0.05, 0.1) is 0 Å². The Morgan fingerprint density at radius 1 is 1.00 bits per heavy atom. The zero-order chi connectivity index (χ0) is 13.0. The zero-order valence-corrected chi connectivity index (χ0v) is 13.3. The Balaban J connectivity index is 3.12. The van der Waals surface area contributed by atoms with Crippen LogP contribution < -0.4 is 0 Å². The zero-order valence-electron chi connectivity index (χ0n) is 11.8. The van der Waals surface area contributed by atoms with E-state index in [2.05, 4.69) is 68.7 Å². The van der Waals surface area contributed by atoms with Gasteiger partial charge in [-0.25, -0.2) is 0 Å². The van der Waals surface area contributed by atoms with Gasteiger partial charge in [0, 0.05) is 4.83 Å². The van der Waals surface area contributed by atoms with E-state index in [1.54, 1.807) is 0 Å². The normalized spacial score (nSPS) is 13.4. The van der Waals surface area contributed by atoms with Crippen molar-refractivity contribution in [3.05, 3.63) is 34.9 Å².